The molecule has 0 aromatic heterocycles. The van der Waals surface area contributed by atoms with Gasteiger partial charge in [0.1, 0.15) is 5.78 Å². The van der Waals surface area contributed by atoms with Crippen LogP contribution in [-0.2, 0) is 20.7 Å². The van der Waals surface area contributed by atoms with E-state index in [1.807, 2.05) is 24.3 Å². The maximum Gasteiger partial charge on any atom is 0.306 e. The van der Waals surface area contributed by atoms with Crippen LogP contribution in [0.2, 0.25) is 0 Å². The molecule has 98 valence electrons. The Morgan fingerprint density at radius 3 is 2.56 bits per heavy atom. The summed E-state index contributed by atoms with van der Waals surface area (Å²) in [5.41, 5.74) is 1.11. The Labute approximate surface area is 116 Å². The summed E-state index contributed by atoms with van der Waals surface area (Å²) in [4.78, 5) is 22.7. The van der Waals surface area contributed by atoms with Crippen LogP contribution in [0.5, 0.6) is 0 Å². The highest BCUT2D eigenvalue weighted by atomic mass is 79.9. The Kier molecular flexibility index (Phi) is 6.65. The van der Waals surface area contributed by atoms with Gasteiger partial charge >= 0.3 is 5.97 Å². The van der Waals surface area contributed by atoms with Gasteiger partial charge in [-0.2, -0.15) is 0 Å². The maximum absolute atomic E-state index is 11.6. The lowest BCUT2D eigenvalue weighted by Gasteiger charge is -2.04. The molecule has 0 saturated heterocycles. The summed E-state index contributed by atoms with van der Waals surface area (Å²) in [5, 5.41) is 0. The van der Waals surface area contributed by atoms with Gasteiger partial charge in [-0.1, -0.05) is 34.1 Å². The van der Waals surface area contributed by atoms with E-state index in [9.17, 15) is 9.59 Å². The third-order valence-electron chi connectivity index (χ3n) is 2.54. The van der Waals surface area contributed by atoms with Crippen LogP contribution in [0.15, 0.2) is 28.7 Å². The number of hydrogen-bond acceptors (Lipinski definition) is 3. The Hall–Kier alpha value is -1.16. The summed E-state index contributed by atoms with van der Waals surface area (Å²) in [6.07, 6.45) is 1.61. The molecular formula is C14H17BrO3. The predicted molar refractivity (Wildman–Crippen MR) is 73.3 cm³/mol. The number of hydrogen-bond donors (Lipinski definition) is 0. The first-order valence-corrected chi connectivity index (χ1v) is 6.83. The molecule has 0 aliphatic heterocycles. The van der Waals surface area contributed by atoms with Gasteiger partial charge in [-0.05, 0) is 25.0 Å². The van der Waals surface area contributed by atoms with E-state index in [1.54, 1.807) is 6.92 Å². The van der Waals surface area contributed by atoms with E-state index in [4.69, 9.17) is 4.74 Å². The Morgan fingerprint density at radius 1 is 1.17 bits per heavy atom. The number of rotatable bonds is 7. The Morgan fingerprint density at radius 2 is 1.89 bits per heavy atom. The van der Waals surface area contributed by atoms with Crippen molar-refractivity contribution in [2.24, 2.45) is 0 Å². The number of esters is 1. The van der Waals surface area contributed by atoms with Gasteiger partial charge in [-0.25, -0.2) is 0 Å². The van der Waals surface area contributed by atoms with Crippen molar-refractivity contribution in [1.82, 2.24) is 0 Å². The topological polar surface area (TPSA) is 43.4 Å². The number of ketones is 1. The molecule has 1 aromatic carbocycles. The lowest BCUT2D eigenvalue weighted by Crippen LogP contribution is -2.08. The van der Waals surface area contributed by atoms with Crippen LogP contribution in [0.1, 0.15) is 31.7 Å². The molecule has 0 saturated carbocycles. The summed E-state index contributed by atoms with van der Waals surface area (Å²) in [5.74, 6) is -0.203. The highest BCUT2D eigenvalue weighted by molar-refractivity contribution is 9.10. The molecule has 3 nitrogen and oxygen atoms in total. The minimum atomic E-state index is -0.299. The molecule has 1 aromatic rings. The van der Waals surface area contributed by atoms with E-state index < -0.39 is 0 Å². The zero-order valence-electron chi connectivity index (χ0n) is 10.4. The van der Waals surface area contributed by atoms with E-state index in [0.29, 0.717) is 19.4 Å². The molecule has 0 spiro atoms. The van der Waals surface area contributed by atoms with E-state index >= 15 is 0 Å². The predicted octanol–water partition coefficient (Wildman–Crippen LogP) is 3.29. The fraction of sp³-hybridized carbons (Fsp3) is 0.429. The molecule has 18 heavy (non-hydrogen) atoms. The normalized spacial score (nSPS) is 10.1. The number of carbonyl (C=O) groups is 2. The molecule has 1 rings (SSSR count). The first-order chi connectivity index (χ1) is 8.63. The number of halogens is 1. The van der Waals surface area contributed by atoms with Crippen LogP contribution in [0, 0.1) is 0 Å². The number of benzene rings is 1. The third-order valence-corrected chi connectivity index (χ3v) is 3.32. The van der Waals surface area contributed by atoms with Crippen molar-refractivity contribution in [2.45, 2.75) is 32.6 Å². The van der Waals surface area contributed by atoms with Crippen LogP contribution < -0.4 is 0 Å². The molecule has 0 unspecified atom stereocenters. The first kappa shape index (κ1) is 14.9. The number of carbonyl (C=O) groups excluding carboxylic acids is 2. The standard InChI is InChI=1S/C14H17BrO3/c1-2-18-14(17)10-9-12(16)8-7-11-5-3-4-6-13(11)15/h3-6H,2,7-10H2,1H3. The van der Waals surface area contributed by atoms with Crippen molar-refractivity contribution in [3.05, 3.63) is 34.3 Å². The summed E-state index contributed by atoms with van der Waals surface area (Å²) in [6, 6.07) is 7.83. The highest BCUT2D eigenvalue weighted by Gasteiger charge is 2.08. The van der Waals surface area contributed by atoms with Crippen LogP contribution in [0.4, 0.5) is 0 Å². The molecule has 0 atom stereocenters. The molecule has 0 bridgehead atoms. The summed E-state index contributed by atoms with van der Waals surface area (Å²) in [7, 11) is 0. The summed E-state index contributed by atoms with van der Waals surface area (Å²) in [6.45, 7) is 2.12. The molecule has 0 amide bonds. The number of aryl methyl sites for hydroxylation is 1. The second kappa shape index (κ2) is 8.03. The lowest BCUT2D eigenvalue weighted by atomic mass is 10.1. The van der Waals surface area contributed by atoms with Crippen molar-refractivity contribution in [3.8, 4) is 0 Å². The van der Waals surface area contributed by atoms with Crippen molar-refractivity contribution >= 4 is 27.7 Å². The van der Waals surface area contributed by atoms with Crippen molar-refractivity contribution in [2.75, 3.05) is 6.61 Å². The molecule has 0 aliphatic carbocycles. The van der Waals surface area contributed by atoms with E-state index in [-0.39, 0.29) is 24.6 Å². The fourth-order valence-electron chi connectivity index (χ4n) is 1.57. The van der Waals surface area contributed by atoms with Crippen molar-refractivity contribution in [3.63, 3.8) is 0 Å². The van der Waals surface area contributed by atoms with Crippen LogP contribution >= 0.6 is 15.9 Å². The van der Waals surface area contributed by atoms with Crippen LogP contribution in [0.25, 0.3) is 0 Å². The largest absolute Gasteiger partial charge is 0.466 e. The average molecular weight is 313 g/mol. The molecule has 0 radical (unpaired) electrons. The van der Waals surface area contributed by atoms with Gasteiger partial charge in [0.2, 0.25) is 0 Å². The monoisotopic (exact) mass is 312 g/mol. The summed E-state index contributed by atoms with van der Waals surface area (Å²) >= 11 is 3.44. The quantitative estimate of drug-likeness (QED) is 0.726. The van der Waals surface area contributed by atoms with Gasteiger partial charge in [0, 0.05) is 17.3 Å². The van der Waals surface area contributed by atoms with Gasteiger partial charge in [0.05, 0.1) is 13.0 Å². The van der Waals surface area contributed by atoms with Crippen LogP contribution in [-0.4, -0.2) is 18.4 Å². The number of ether oxygens (including phenoxy) is 1. The molecular weight excluding hydrogens is 296 g/mol. The zero-order chi connectivity index (χ0) is 13.4. The average Bonchev–Trinajstić information content (AvgIpc) is 2.36. The Bertz CT molecular complexity index is 415. The second-order valence-electron chi connectivity index (χ2n) is 3.94. The molecule has 4 heteroatoms. The SMILES string of the molecule is CCOC(=O)CCC(=O)CCc1ccccc1Br. The molecule has 0 aliphatic rings. The van der Waals surface area contributed by atoms with Gasteiger partial charge in [-0.15, -0.1) is 0 Å². The van der Waals surface area contributed by atoms with Gasteiger partial charge < -0.3 is 4.74 Å². The van der Waals surface area contributed by atoms with Gasteiger partial charge in [-0.3, -0.25) is 9.59 Å². The maximum atomic E-state index is 11.6. The van der Waals surface area contributed by atoms with E-state index in [1.165, 1.54) is 0 Å². The highest BCUT2D eigenvalue weighted by Crippen LogP contribution is 2.17. The Balaban J connectivity index is 2.29. The first-order valence-electron chi connectivity index (χ1n) is 6.04. The lowest BCUT2D eigenvalue weighted by molar-refractivity contribution is -0.144. The minimum absolute atomic E-state index is 0.0961. The van der Waals surface area contributed by atoms with E-state index in [2.05, 4.69) is 15.9 Å². The van der Waals surface area contributed by atoms with E-state index in [0.717, 1.165) is 10.0 Å². The zero-order valence-corrected chi connectivity index (χ0v) is 12.0. The van der Waals surface area contributed by atoms with Crippen molar-refractivity contribution < 1.29 is 14.3 Å². The summed E-state index contributed by atoms with van der Waals surface area (Å²) < 4.78 is 5.79. The smallest absolute Gasteiger partial charge is 0.306 e. The van der Waals surface area contributed by atoms with Crippen molar-refractivity contribution in [1.29, 1.82) is 0 Å². The number of Topliss-reactive ketones (excluding diaryl/α,β-unsaturated/α-hetero) is 1. The molecule has 0 N–H and O–H groups in total. The third kappa shape index (κ3) is 5.45. The van der Waals surface area contributed by atoms with Gasteiger partial charge in [0.15, 0.2) is 0 Å². The fourth-order valence-corrected chi connectivity index (χ4v) is 2.06. The second-order valence-corrected chi connectivity index (χ2v) is 4.79. The minimum Gasteiger partial charge on any atom is -0.466 e. The van der Waals surface area contributed by atoms with Gasteiger partial charge in [0.25, 0.3) is 0 Å². The van der Waals surface area contributed by atoms with Crippen LogP contribution in [0.3, 0.4) is 0 Å². The molecule has 0 fully saturated rings. The molecule has 0 heterocycles.